The molecule has 3 rings (SSSR count). The Labute approximate surface area is 152 Å². The Balaban J connectivity index is 1.50. The maximum atomic E-state index is 12.3. The second kappa shape index (κ2) is 8.03. The van der Waals surface area contributed by atoms with Crippen LogP contribution in [0.1, 0.15) is 29.3 Å². The smallest absolute Gasteiger partial charge is 0.254 e. The number of rotatable bonds is 7. The number of carbonyl (C=O) groups excluding carboxylic acids is 2. The highest BCUT2D eigenvalue weighted by Crippen LogP contribution is 2.15. The molecule has 0 saturated carbocycles. The first-order valence-corrected chi connectivity index (χ1v) is 8.83. The molecule has 2 amide bonds. The lowest BCUT2D eigenvalue weighted by Gasteiger charge is -2.17. The molecule has 1 N–H and O–H groups in total. The van der Waals surface area contributed by atoms with Crippen molar-refractivity contribution in [2.45, 2.75) is 32.4 Å². The Bertz CT molecular complexity index is 769. The number of methoxy groups -OCH3 is 1. The van der Waals surface area contributed by atoms with Crippen LogP contribution >= 0.6 is 0 Å². The second-order valence-corrected chi connectivity index (χ2v) is 6.40. The molecule has 1 aliphatic rings. The second-order valence-electron chi connectivity index (χ2n) is 6.40. The molecule has 0 aliphatic carbocycles. The molecule has 0 spiro atoms. The molecule has 1 aromatic heterocycles. The first-order valence-electron chi connectivity index (χ1n) is 8.83. The Morgan fingerprint density at radius 3 is 2.77 bits per heavy atom. The Morgan fingerprint density at radius 2 is 2.12 bits per heavy atom. The fourth-order valence-corrected chi connectivity index (χ4v) is 3.06. The zero-order chi connectivity index (χ0) is 18.5. The van der Waals surface area contributed by atoms with Gasteiger partial charge in [-0.05, 0) is 31.0 Å². The number of aryl methyl sites for hydroxylation is 1. The first-order chi connectivity index (χ1) is 12.6. The highest BCUT2D eigenvalue weighted by molar-refractivity contribution is 5.94. The van der Waals surface area contributed by atoms with Gasteiger partial charge >= 0.3 is 0 Å². The molecule has 1 saturated heterocycles. The minimum absolute atomic E-state index is 0.0769. The molecule has 138 valence electrons. The summed E-state index contributed by atoms with van der Waals surface area (Å²) in [6, 6.07) is 7.69. The van der Waals surface area contributed by atoms with E-state index in [2.05, 4.69) is 10.4 Å². The molecule has 1 atom stereocenters. The van der Waals surface area contributed by atoms with Gasteiger partial charge in [0.1, 0.15) is 5.75 Å². The van der Waals surface area contributed by atoms with Crippen LogP contribution in [0.25, 0.3) is 0 Å². The number of nitrogens with one attached hydrogen (secondary N) is 1. The third kappa shape index (κ3) is 4.22. The number of likely N-dealkylation sites (tertiary alicyclic amines) is 1. The van der Waals surface area contributed by atoms with Gasteiger partial charge in [0.15, 0.2) is 0 Å². The predicted octanol–water partition coefficient (Wildman–Crippen LogP) is 1.48. The summed E-state index contributed by atoms with van der Waals surface area (Å²) in [5, 5.41) is 7.04. The van der Waals surface area contributed by atoms with Crippen LogP contribution in [0.2, 0.25) is 0 Å². The summed E-state index contributed by atoms with van der Waals surface area (Å²) >= 11 is 0. The van der Waals surface area contributed by atoms with Gasteiger partial charge in [-0.1, -0.05) is 12.1 Å². The van der Waals surface area contributed by atoms with Crippen LogP contribution in [-0.4, -0.2) is 52.7 Å². The largest absolute Gasteiger partial charge is 0.497 e. The first kappa shape index (κ1) is 18.0. The fraction of sp³-hybridized carbons (Fsp3) is 0.421. The van der Waals surface area contributed by atoms with E-state index in [0.29, 0.717) is 31.6 Å². The van der Waals surface area contributed by atoms with Gasteiger partial charge in [-0.15, -0.1) is 0 Å². The fourth-order valence-electron chi connectivity index (χ4n) is 3.06. The summed E-state index contributed by atoms with van der Waals surface area (Å²) in [6.45, 7) is 3.87. The van der Waals surface area contributed by atoms with Crippen LogP contribution in [0.4, 0.5) is 0 Å². The topological polar surface area (TPSA) is 76.5 Å². The lowest BCUT2D eigenvalue weighted by Crippen LogP contribution is -2.37. The molecule has 2 heterocycles. The van der Waals surface area contributed by atoms with E-state index in [9.17, 15) is 9.59 Å². The van der Waals surface area contributed by atoms with E-state index < -0.39 is 0 Å². The summed E-state index contributed by atoms with van der Waals surface area (Å²) < 4.78 is 6.85. The quantitative estimate of drug-likeness (QED) is 0.815. The van der Waals surface area contributed by atoms with E-state index in [1.165, 1.54) is 0 Å². The van der Waals surface area contributed by atoms with E-state index in [0.717, 1.165) is 17.7 Å². The van der Waals surface area contributed by atoms with E-state index in [1.54, 1.807) is 24.2 Å². The van der Waals surface area contributed by atoms with Gasteiger partial charge in [0.2, 0.25) is 5.91 Å². The number of amides is 2. The molecule has 26 heavy (non-hydrogen) atoms. The number of carbonyl (C=O) groups is 2. The molecule has 1 aliphatic heterocycles. The lowest BCUT2D eigenvalue weighted by atomic mass is 10.1. The standard InChI is InChI=1S/C19H24N4O3/c1-3-23-12-15(11-20-23)19(25)21-16-10-18(24)22(13-16)9-8-14-4-6-17(26-2)7-5-14/h4-7,11-12,16H,3,8-10,13H2,1-2H3,(H,21,25)/t16-/m1/s1. The summed E-state index contributed by atoms with van der Waals surface area (Å²) in [5.41, 5.74) is 1.68. The molecule has 7 nitrogen and oxygen atoms in total. The average Bonchev–Trinajstić information content (AvgIpc) is 3.27. The third-order valence-electron chi connectivity index (χ3n) is 4.60. The van der Waals surface area contributed by atoms with Gasteiger partial charge in [-0.25, -0.2) is 0 Å². The van der Waals surface area contributed by atoms with Crippen molar-refractivity contribution in [2.24, 2.45) is 0 Å². The van der Waals surface area contributed by atoms with Crippen LogP contribution in [0.15, 0.2) is 36.7 Å². The molecule has 0 unspecified atom stereocenters. The minimum Gasteiger partial charge on any atom is -0.497 e. The maximum Gasteiger partial charge on any atom is 0.254 e. The van der Waals surface area contributed by atoms with Gasteiger partial charge in [-0.2, -0.15) is 5.10 Å². The van der Waals surface area contributed by atoms with E-state index >= 15 is 0 Å². The minimum atomic E-state index is -0.181. The van der Waals surface area contributed by atoms with E-state index in [-0.39, 0.29) is 17.9 Å². The Morgan fingerprint density at radius 1 is 1.35 bits per heavy atom. The maximum absolute atomic E-state index is 12.3. The normalized spacial score (nSPS) is 16.8. The number of aromatic nitrogens is 2. The van der Waals surface area contributed by atoms with E-state index in [1.807, 2.05) is 36.1 Å². The highest BCUT2D eigenvalue weighted by Gasteiger charge is 2.30. The van der Waals surface area contributed by atoms with Gasteiger partial charge in [0, 0.05) is 32.3 Å². The molecule has 1 fully saturated rings. The monoisotopic (exact) mass is 356 g/mol. The lowest BCUT2D eigenvalue weighted by molar-refractivity contribution is -0.127. The highest BCUT2D eigenvalue weighted by atomic mass is 16.5. The van der Waals surface area contributed by atoms with Crippen LogP contribution < -0.4 is 10.1 Å². The SMILES string of the molecule is CCn1cc(C(=O)N[C@@H]2CC(=O)N(CCc3ccc(OC)cc3)C2)cn1. The zero-order valence-electron chi connectivity index (χ0n) is 15.1. The molecule has 2 aromatic rings. The molecule has 0 radical (unpaired) electrons. The van der Waals surface area contributed by atoms with Crippen molar-refractivity contribution < 1.29 is 14.3 Å². The number of hydrogen-bond donors (Lipinski definition) is 1. The van der Waals surface area contributed by atoms with Crippen molar-refractivity contribution in [2.75, 3.05) is 20.2 Å². The Kier molecular flexibility index (Phi) is 5.55. The molecular weight excluding hydrogens is 332 g/mol. The molecular formula is C19H24N4O3. The predicted molar refractivity (Wildman–Crippen MR) is 97.1 cm³/mol. The van der Waals surface area contributed by atoms with Crippen molar-refractivity contribution in [3.63, 3.8) is 0 Å². The summed E-state index contributed by atoms with van der Waals surface area (Å²) in [4.78, 5) is 26.3. The third-order valence-corrected chi connectivity index (χ3v) is 4.60. The number of benzene rings is 1. The van der Waals surface area contributed by atoms with Crippen LogP contribution in [0.5, 0.6) is 5.75 Å². The number of nitrogens with zero attached hydrogens (tertiary/aromatic N) is 3. The van der Waals surface area contributed by atoms with Crippen molar-refractivity contribution in [1.29, 1.82) is 0 Å². The summed E-state index contributed by atoms with van der Waals surface area (Å²) in [5.74, 6) is 0.716. The van der Waals surface area contributed by atoms with Crippen LogP contribution in [-0.2, 0) is 17.8 Å². The summed E-state index contributed by atoms with van der Waals surface area (Å²) in [7, 11) is 1.64. The molecule has 1 aromatic carbocycles. The average molecular weight is 356 g/mol. The van der Waals surface area contributed by atoms with Gasteiger partial charge < -0.3 is 15.0 Å². The van der Waals surface area contributed by atoms with Crippen molar-refractivity contribution in [3.8, 4) is 5.75 Å². The summed E-state index contributed by atoms with van der Waals surface area (Å²) in [6.07, 6.45) is 4.39. The molecule has 0 bridgehead atoms. The van der Waals surface area contributed by atoms with E-state index in [4.69, 9.17) is 4.74 Å². The zero-order valence-corrected chi connectivity index (χ0v) is 15.1. The molecule has 7 heteroatoms. The van der Waals surface area contributed by atoms with Gasteiger partial charge in [0.05, 0.1) is 24.9 Å². The van der Waals surface area contributed by atoms with Crippen molar-refractivity contribution >= 4 is 11.8 Å². The van der Waals surface area contributed by atoms with Crippen LogP contribution in [0.3, 0.4) is 0 Å². The van der Waals surface area contributed by atoms with Gasteiger partial charge in [0.25, 0.3) is 5.91 Å². The Hall–Kier alpha value is -2.83. The van der Waals surface area contributed by atoms with Crippen LogP contribution in [0, 0.1) is 0 Å². The van der Waals surface area contributed by atoms with Crippen molar-refractivity contribution in [1.82, 2.24) is 20.0 Å². The number of ether oxygens (including phenoxy) is 1. The van der Waals surface area contributed by atoms with Gasteiger partial charge in [-0.3, -0.25) is 14.3 Å². The van der Waals surface area contributed by atoms with Crippen molar-refractivity contribution in [3.05, 3.63) is 47.8 Å². The number of hydrogen-bond acceptors (Lipinski definition) is 4.